The average molecular weight is 390 g/mol. The molecule has 2 amide bonds. The number of carbonyl (C=O) groups is 2. The van der Waals surface area contributed by atoms with Crippen LogP contribution in [0.5, 0.6) is 0 Å². The summed E-state index contributed by atoms with van der Waals surface area (Å²) in [7, 11) is -1.66. The lowest BCUT2D eigenvalue weighted by molar-refractivity contribution is 0.0938. The standard InChI is InChI=1S/C19H22N2O5S/c1-26-11-10-20-19(23)16-8-3-4-9-17(16)21-18(22)15-7-5-6-14(12-15)13-27(2,24)25/h3-9,12H,10-11,13H2,1-2H3,(H,20,23)(H,21,22). The van der Waals surface area contributed by atoms with Crippen molar-refractivity contribution in [1.82, 2.24) is 5.32 Å². The Hall–Kier alpha value is -2.71. The highest BCUT2D eigenvalue weighted by Gasteiger charge is 2.14. The minimum Gasteiger partial charge on any atom is -0.383 e. The lowest BCUT2D eigenvalue weighted by Gasteiger charge is -2.12. The average Bonchev–Trinajstić information content (AvgIpc) is 2.61. The van der Waals surface area contributed by atoms with Gasteiger partial charge in [-0.3, -0.25) is 9.59 Å². The van der Waals surface area contributed by atoms with E-state index in [1.807, 2.05) is 0 Å². The molecule has 0 unspecified atom stereocenters. The molecule has 7 nitrogen and oxygen atoms in total. The highest BCUT2D eigenvalue weighted by Crippen LogP contribution is 2.17. The van der Waals surface area contributed by atoms with E-state index < -0.39 is 15.7 Å². The maximum absolute atomic E-state index is 12.6. The van der Waals surface area contributed by atoms with Crippen LogP contribution in [0.15, 0.2) is 48.5 Å². The van der Waals surface area contributed by atoms with Crippen molar-refractivity contribution in [1.29, 1.82) is 0 Å². The van der Waals surface area contributed by atoms with Crippen molar-refractivity contribution < 1.29 is 22.7 Å². The highest BCUT2D eigenvalue weighted by atomic mass is 32.2. The van der Waals surface area contributed by atoms with Gasteiger partial charge < -0.3 is 15.4 Å². The third kappa shape index (κ3) is 6.50. The van der Waals surface area contributed by atoms with Crippen LogP contribution in [0.1, 0.15) is 26.3 Å². The first kappa shape index (κ1) is 20.6. The number of sulfone groups is 1. The first-order valence-electron chi connectivity index (χ1n) is 8.24. The van der Waals surface area contributed by atoms with Gasteiger partial charge in [0, 0.05) is 25.5 Å². The van der Waals surface area contributed by atoms with E-state index in [4.69, 9.17) is 4.74 Å². The number of rotatable bonds is 8. The van der Waals surface area contributed by atoms with E-state index in [9.17, 15) is 18.0 Å². The monoisotopic (exact) mass is 390 g/mol. The zero-order valence-electron chi connectivity index (χ0n) is 15.2. The molecule has 0 atom stereocenters. The van der Waals surface area contributed by atoms with Gasteiger partial charge in [0.15, 0.2) is 9.84 Å². The minimum absolute atomic E-state index is 0.146. The quantitative estimate of drug-likeness (QED) is 0.670. The number of para-hydroxylation sites is 1. The second-order valence-electron chi connectivity index (χ2n) is 6.02. The molecular formula is C19H22N2O5S. The van der Waals surface area contributed by atoms with Gasteiger partial charge >= 0.3 is 0 Å². The van der Waals surface area contributed by atoms with Crippen molar-refractivity contribution in [3.05, 3.63) is 65.2 Å². The third-order valence-corrected chi connectivity index (χ3v) is 4.49. The van der Waals surface area contributed by atoms with E-state index in [1.165, 1.54) is 13.2 Å². The number of nitrogens with one attached hydrogen (secondary N) is 2. The molecule has 8 heteroatoms. The Balaban J connectivity index is 2.17. The molecule has 0 aromatic heterocycles. The number of hydrogen-bond acceptors (Lipinski definition) is 5. The Morgan fingerprint density at radius 3 is 2.48 bits per heavy atom. The van der Waals surface area contributed by atoms with E-state index in [0.29, 0.717) is 35.5 Å². The molecule has 0 saturated heterocycles. The van der Waals surface area contributed by atoms with Crippen molar-refractivity contribution in [2.75, 3.05) is 31.8 Å². The van der Waals surface area contributed by atoms with E-state index in [1.54, 1.807) is 42.5 Å². The third-order valence-electron chi connectivity index (χ3n) is 3.63. The van der Waals surface area contributed by atoms with Crippen LogP contribution in [0.25, 0.3) is 0 Å². The van der Waals surface area contributed by atoms with Crippen molar-refractivity contribution >= 4 is 27.3 Å². The molecule has 0 bridgehead atoms. The van der Waals surface area contributed by atoms with Crippen molar-refractivity contribution in [3.8, 4) is 0 Å². The molecular weight excluding hydrogens is 368 g/mol. The molecule has 0 saturated carbocycles. The molecule has 0 radical (unpaired) electrons. The van der Waals surface area contributed by atoms with Crippen LogP contribution >= 0.6 is 0 Å². The summed E-state index contributed by atoms with van der Waals surface area (Å²) in [5, 5.41) is 5.41. The first-order chi connectivity index (χ1) is 12.8. The Kier molecular flexibility index (Phi) is 7.09. The first-order valence-corrected chi connectivity index (χ1v) is 10.3. The van der Waals surface area contributed by atoms with Gasteiger partial charge in [0.2, 0.25) is 0 Å². The molecule has 2 aromatic carbocycles. The second-order valence-corrected chi connectivity index (χ2v) is 8.16. The topological polar surface area (TPSA) is 102 Å². The Morgan fingerprint density at radius 1 is 1.04 bits per heavy atom. The van der Waals surface area contributed by atoms with E-state index in [0.717, 1.165) is 6.26 Å². The lowest BCUT2D eigenvalue weighted by atomic mass is 10.1. The number of ether oxygens (including phenoxy) is 1. The van der Waals surface area contributed by atoms with Gasteiger partial charge in [-0.05, 0) is 29.8 Å². The molecule has 0 spiro atoms. The van der Waals surface area contributed by atoms with Gasteiger partial charge in [-0.1, -0.05) is 24.3 Å². The molecule has 2 aromatic rings. The minimum atomic E-state index is -3.20. The summed E-state index contributed by atoms with van der Waals surface area (Å²) in [5.41, 5.74) is 1.53. The van der Waals surface area contributed by atoms with Crippen LogP contribution in [0, 0.1) is 0 Å². The summed E-state index contributed by atoms with van der Waals surface area (Å²) in [6, 6.07) is 13.0. The fourth-order valence-corrected chi connectivity index (χ4v) is 3.24. The van der Waals surface area contributed by atoms with Gasteiger partial charge in [0.05, 0.1) is 23.6 Å². The Bertz CT molecular complexity index is 925. The van der Waals surface area contributed by atoms with Gasteiger partial charge in [0.25, 0.3) is 11.8 Å². The summed E-state index contributed by atoms with van der Waals surface area (Å²) in [6.07, 6.45) is 1.14. The van der Waals surface area contributed by atoms with E-state index >= 15 is 0 Å². The Morgan fingerprint density at radius 2 is 1.78 bits per heavy atom. The molecule has 0 fully saturated rings. The van der Waals surface area contributed by atoms with Gasteiger partial charge in [-0.2, -0.15) is 0 Å². The number of benzene rings is 2. The number of amides is 2. The van der Waals surface area contributed by atoms with Crippen molar-refractivity contribution in [2.45, 2.75) is 5.75 Å². The molecule has 0 aliphatic rings. The zero-order chi connectivity index (χ0) is 19.9. The maximum atomic E-state index is 12.6. The fraction of sp³-hybridized carbons (Fsp3) is 0.263. The molecule has 27 heavy (non-hydrogen) atoms. The van der Waals surface area contributed by atoms with Gasteiger partial charge in [-0.25, -0.2) is 8.42 Å². The largest absolute Gasteiger partial charge is 0.383 e. The van der Waals surface area contributed by atoms with Crippen LogP contribution in [-0.2, 0) is 20.3 Å². The van der Waals surface area contributed by atoms with Crippen LogP contribution in [-0.4, -0.2) is 46.7 Å². The fourth-order valence-electron chi connectivity index (χ4n) is 2.45. The number of anilines is 1. The van der Waals surface area contributed by atoms with Gasteiger partial charge in [0.1, 0.15) is 0 Å². The van der Waals surface area contributed by atoms with Crippen LogP contribution in [0.3, 0.4) is 0 Å². The van der Waals surface area contributed by atoms with Crippen molar-refractivity contribution in [2.24, 2.45) is 0 Å². The predicted octanol–water partition coefficient (Wildman–Crippen LogP) is 1.86. The van der Waals surface area contributed by atoms with Crippen LogP contribution < -0.4 is 10.6 Å². The van der Waals surface area contributed by atoms with E-state index in [2.05, 4.69) is 10.6 Å². The summed E-state index contributed by atoms with van der Waals surface area (Å²) in [4.78, 5) is 24.8. The molecule has 0 heterocycles. The predicted molar refractivity (Wildman–Crippen MR) is 104 cm³/mol. The van der Waals surface area contributed by atoms with E-state index in [-0.39, 0.29) is 11.7 Å². The second kappa shape index (κ2) is 9.29. The SMILES string of the molecule is COCCNC(=O)c1ccccc1NC(=O)c1cccc(CS(C)(=O)=O)c1. The zero-order valence-corrected chi connectivity index (χ0v) is 16.0. The van der Waals surface area contributed by atoms with Gasteiger partial charge in [-0.15, -0.1) is 0 Å². The molecule has 2 N–H and O–H groups in total. The smallest absolute Gasteiger partial charge is 0.255 e. The number of methoxy groups -OCH3 is 1. The van der Waals surface area contributed by atoms with Crippen LogP contribution in [0.4, 0.5) is 5.69 Å². The Labute approximate surface area is 158 Å². The molecule has 0 aliphatic carbocycles. The highest BCUT2D eigenvalue weighted by molar-refractivity contribution is 7.89. The lowest BCUT2D eigenvalue weighted by Crippen LogP contribution is -2.28. The number of hydrogen-bond donors (Lipinski definition) is 2. The summed E-state index contributed by atoms with van der Waals surface area (Å²) < 4.78 is 27.8. The van der Waals surface area contributed by atoms with Crippen molar-refractivity contribution in [3.63, 3.8) is 0 Å². The summed E-state index contributed by atoms with van der Waals surface area (Å²) >= 11 is 0. The summed E-state index contributed by atoms with van der Waals surface area (Å²) in [5.74, 6) is -0.900. The normalized spacial score (nSPS) is 11.0. The number of carbonyl (C=O) groups excluding carboxylic acids is 2. The van der Waals surface area contributed by atoms with Crippen LogP contribution in [0.2, 0.25) is 0 Å². The summed E-state index contributed by atoms with van der Waals surface area (Å²) in [6.45, 7) is 0.735. The maximum Gasteiger partial charge on any atom is 0.255 e. The molecule has 2 rings (SSSR count). The molecule has 0 aliphatic heterocycles. The molecule has 144 valence electrons.